The number of benzene rings is 1. The highest BCUT2D eigenvalue weighted by molar-refractivity contribution is 6.01. The second-order valence-electron chi connectivity index (χ2n) is 8.63. The number of nitrogens with zero attached hydrogens (tertiary/aromatic N) is 2. The van der Waals surface area contributed by atoms with Gasteiger partial charge in [0.25, 0.3) is 5.91 Å². The van der Waals surface area contributed by atoms with E-state index in [1.807, 2.05) is 20.8 Å². The molecular formula is C21H26FN3O4. The maximum absolute atomic E-state index is 15.3. The van der Waals surface area contributed by atoms with Crippen LogP contribution in [0.25, 0.3) is 0 Å². The van der Waals surface area contributed by atoms with Crippen LogP contribution < -0.4 is 15.0 Å². The van der Waals surface area contributed by atoms with Gasteiger partial charge in [-0.2, -0.15) is 0 Å². The summed E-state index contributed by atoms with van der Waals surface area (Å²) in [6.07, 6.45) is -0.623. The smallest absolute Gasteiger partial charge is 0.268 e. The quantitative estimate of drug-likeness (QED) is 0.830. The van der Waals surface area contributed by atoms with Crippen molar-refractivity contribution < 1.29 is 23.2 Å². The molecular weight excluding hydrogens is 377 g/mol. The molecule has 0 saturated carbocycles. The van der Waals surface area contributed by atoms with Crippen LogP contribution in [-0.2, 0) is 16.1 Å². The largest absolute Gasteiger partial charge is 0.476 e. The van der Waals surface area contributed by atoms with Crippen LogP contribution in [0.1, 0.15) is 51.1 Å². The molecule has 1 aliphatic heterocycles. The molecule has 156 valence electrons. The second-order valence-corrected chi connectivity index (χ2v) is 8.63. The fourth-order valence-electron chi connectivity index (χ4n) is 3.26. The molecule has 1 N–H and O–H groups in total. The lowest BCUT2D eigenvalue weighted by Gasteiger charge is -2.33. The number of hydrogen-bond donors (Lipinski definition) is 1. The number of amides is 2. The van der Waals surface area contributed by atoms with Crippen molar-refractivity contribution in [2.24, 2.45) is 5.41 Å². The zero-order valence-corrected chi connectivity index (χ0v) is 17.6. The number of halogens is 1. The Balaban J connectivity index is 1.98. The number of rotatable bonds is 4. The molecule has 0 saturated heterocycles. The monoisotopic (exact) mass is 403 g/mol. The molecule has 3 rings (SSSR count). The first-order valence-electron chi connectivity index (χ1n) is 9.49. The van der Waals surface area contributed by atoms with Gasteiger partial charge in [-0.05, 0) is 37.8 Å². The van der Waals surface area contributed by atoms with Crippen molar-refractivity contribution >= 4 is 23.2 Å². The number of nitrogens with one attached hydrogen (secondary N) is 1. The summed E-state index contributed by atoms with van der Waals surface area (Å²) >= 11 is 0. The van der Waals surface area contributed by atoms with Crippen molar-refractivity contribution in [1.82, 2.24) is 5.16 Å². The third kappa shape index (κ3) is 4.41. The van der Waals surface area contributed by atoms with Gasteiger partial charge in [-0.25, -0.2) is 4.39 Å². The van der Waals surface area contributed by atoms with Crippen molar-refractivity contribution in [3.63, 3.8) is 0 Å². The highest BCUT2D eigenvalue weighted by Gasteiger charge is 2.36. The Hall–Kier alpha value is -2.90. The number of carbonyl (C=O) groups excluding carboxylic acids is 2. The fraction of sp³-hybridized carbons (Fsp3) is 0.476. The van der Waals surface area contributed by atoms with Crippen LogP contribution >= 0.6 is 0 Å². The number of fused-ring (bicyclic) bond motifs is 1. The molecule has 2 heterocycles. The van der Waals surface area contributed by atoms with Gasteiger partial charge in [-0.15, -0.1) is 0 Å². The average Bonchev–Trinajstić information content (AvgIpc) is 3.00. The number of aromatic nitrogens is 1. The summed E-state index contributed by atoms with van der Waals surface area (Å²) in [4.78, 5) is 26.4. The van der Waals surface area contributed by atoms with Crippen molar-refractivity contribution in [1.29, 1.82) is 0 Å². The van der Waals surface area contributed by atoms with Crippen molar-refractivity contribution in [3.05, 3.63) is 35.0 Å². The highest BCUT2D eigenvalue weighted by Crippen LogP contribution is 2.42. The molecule has 0 aliphatic carbocycles. The van der Waals surface area contributed by atoms with Gasteiger partial charge in [0.05, 0.1) is 17.9 Å². The Morgan fingerprint density at radius 1 is 1.31 bits per heavy atom. The molecule has 29 heavy (non-hydrogen) atoms. The first-order chi connectivity index (χ1) is 13.5. The molecule has 0 radical (unpaired) electrons. The average molecular weight is 403 g/mol. The lowest BCUT2D eigenvalue weighted by atomic mass is 9.92. The molecule has 0 fully saturated rings. The van der Waals surface area contributed by atoms with Crippen molar-refractivity contribution in [3.8, 4) is 5.75 Å². The van der Waals surface area contributed by atoms with Gasteiger partial charge in [0.2, 0.25) is 5.91 Å². The van der Waals surface area contributed by atoms with Crippen LogP contribution in [-0.4, -0.2) is 23.1 Å². The van der Waals surface area contributed by atoms with Gasteiger partial charge in [0.15, 0.2) is 17.7 Å². The SMILES string of the molecule is Cc1cc(CN2C(=O)C(C)Oc3c2cc(C)c(NC(=O)CC(C)(C)C)c3F)no1. The van der Waals surface area contributed by atoms with Crippen molar-refractivity contribution in [2.75, 3.05) is 10.2 Å². The Bertz CT molecular complexity index is 962. The Morgan fingerprint density at radius 3 is 2.59 bits per heavy atom. The first-order valence-corrected chi connectivity index (χ1v) is 9.49. The van der Waals surface area contributed by atoms with Crippen LogP contribution in [0, 0.1) is 25.1 Å². The molecule has 2 amide bonds. The molecule has 0 bridgehead atoms. The topological polar surface area (TPSA) is 84.7 Å². The highest BCUT2D eigenvalue weighted by atomic mass is 19.1. The minimum absolute atomic E-state index is 0.0611. The lowest BCUT2D eigenvalue weighted by Crippen LogP contribution is -2.44. The van der Waals surface area contributed by atoms with Gasteiger partial charge in [-0.1, -0.05) is 25.9 Å². The maximum atomic E-state index is 15.3. The van der Waals surface area contributed by atoms with Crippen molar-refractivity contribution in [2.45, 2.75) is 60.6 Å². The normalized spacial score (nSPS) is 16.4. The van der Waals surface area contributed by atoms with Crippen LogP contribution in [0.2, 0.25) is 0 Å². The molecule has 7 nitrogen and oxygen atoms in total. The summed E-state index contributed by atoms with van der Waals surface area (Å²) in [5.41, 5.74) is 1.19. The van der Waals surface area contributed by atoms with Gasteiger partial charge in [-0.3, -0.25) is 14.5 Å². The zero-order valence-electron chi connectivity index (χ0n) is 17.6. The Morgan fingerprint density at radius 2 is 2.00 bits per heavy atom. The minimum atomic E-state index is -0.870. The number of ether oxygens (including phenoxy) is 1. The fourth-order valence-corrected chi connectivity index (χ4v) is 3.26. The zero-order chi connectivity index (χ0) is 21.5. The van der Waals surface area contributed by atoms with E-state index in [9.17, 15) is 9.59 Å². The van der Waals surface area contributed by atoms with E-state index >= 15 is 4.39 Å². The predicted octanol–water partition coefficient (Wildman–Crippen LogP) is 4.12. The summed E-state index contributed by atoms with van der Waals surface area (Å²) in [6.45, 7) is 10.9. The van der Waals surface area contributed by atoms with E-state index in [4.69, 9.17) is 9.26 Å². The van der Waals surface area contributed by atoms with Gasteiger partial charge in [0.1, 0.15) is 11.5 Å². The predicted molar refractivity (Wildman–Crippen MR) is 106 cm³/mol. The standard InChI is InChI=1S/C21H26FN3O4/c1-11-7-15-19(17(22)18(11)23-16(26)9-21(4,5)6)28-13(3)20(27)25(15)10-14-8-12(2)29-24-14/h7-8,13H,9-10H2,1-6H3,(H,23,26). The van der Waals surface area contributed by atoms with Crippen LogP contribution in [0.5, 0.6) is 5.75 Å². The number of carbonyl (C=O) groups is 2. The summed E-state index contributed by atoms with van der Waals surface area (Å²) in [5.74, 6) is -0.721. The molecule has 0 spiro atoms. The molecule has 2 aromatic rings. The summed E-state index contributed by atoms with van der Waals surface area (Å²) in [6, 6.07) is 3.36. The molecule has 1 unspecified atom stereocenters. The second kappa shape index (κ2) is 7.50. The van der Waals surface area contributed by atoms with Crippen LogP contribution in [0.4, 0.5) is 15.8 Å². The molecule has 1 atom stereocenters. The summed E-state index contributed by atoms with van der Waals surface area (Å²) in [5, 5.41) is 6.57. The molecule has 1 aliphatic rings. The van der Waals surface area contributed by atoms with E-state index in [0.717, 1.165) is 0 Å². The lowest BCUT2D eigenvalue weighted by molar-refractivity contribution is -0.125. The van der Waals surface area contributed by atoms with E-state index in [2.05, 4.69) is 10.5 Å². The van der Waals surface area contributed by atoms with Crippen LogP contribution in [0.15, 0.2) is 16.7 Å². The van der Waals surface area contributed by atoms with E-state index in [0.29, 0.717) is 22.7 Å². The third-order valence-electron chi connectivity index (χ3n) is 4.55. The van der Waals surface area contributed by atoms with E-state index in [-0.39, 0.29) is 41.6 Å². The third-order valence-corrected chi connectivity index (χ3v) is 4.55. The maximum Gasteiger partial charge on any atom is 0.268 e. The van der Waals surface area contributed by atoms with E-state index in [1.165, 1.54) is 4.90 Å². The molecule has 8 heteroatoms. The summed E-state index contributed by atoms with van der Waals surface area (Å²) < 4.78 is 25.9. The molecule has 1 aromatic carbocycles. The molecule has 1 aromatic heterocycles. The summed E-state index contributed by atoms with van der Waals surface area (Å²) in [7, 11) is 0. The number of anilines is 2. The Kier molecular flexibility index (Phi) is 5.38. The Labute approximate surface area is 169 Å². The van der Waals surface area contributed by atoms with Gasteiger partial charge < -0.3 is 14.6 Å². The number of hydrogen-bond acceptors (Lipinski definition) is 5. The van der Waals surface area contributed by atoms with E-state index < -0.39 is 11.9 Å². The van der Waals surface area contributed by atoms with Gasteiger partial charge >= 0.3 is 0 Å². The first kappa shape index (κ1) is 20.8. The number of aryl methyl sites for hydroxylation is 2. The van der Waals surface area contributed by atoms with Gasteiger partial charge in [0, 0.05) is 12.5 Å². The minimum Gasteiger partial charge on any atom is -0.476 e. The van der Waals surface area contributed by atoms with Crippen LogP contribution in [0.3, 0.4) is 0 Å². The van der Waals surface area contributed by atoms with E-state index in [1.54, 1.807) is 32.9 Å².